The Kier molecular flexibility index (Phi) is 2.95. The molecule has 2 amide bonds. The van der Waals surface area contributed by atoms with Crippen LogP contribution >= 0.6 is 0 Å². The largest absolute Gasteiger partial charge is 0.384 e. The zero-order valence-electron chi connectivity index (χ0n) is 9.51. The fraction of sp³-hybridized carbons (Fsp3) is 0.364. The third-order valence-corrected chi connectivity index (χ3v) is 2.74. The van der Waals surface area contributed by atoms with Gasteiger partial charge in [-0.25, -0.2) is 4.98 Å². The molecule has 0 spiro atoms. The monoisotopic (exact) mass is 234 g/mol. The summed E-state index contributed by atoms with van der Waals surface area (Å²) in [4.78, 5) is 28.3. The highest BCUT2D eigenvalue weighted by molar-refractivity contribution is 6.01. The summed E-state index contributed by atoms with van der Waals surface area (Å²) in [6, 6.07) is 4.75. The Morgan fingerprint density at radius 1 is 1.47 bits per heavy atom. The van der Waals surface area contributed by atoms with Gasteiger partial charge in [0.25, 0.3) is 5.91 Å². The standard InChI is InChI=1S/C11H14N4O2/c1-15-10(16)6-5-7(11(15)17)13-9-4-2-3-8(12)14-9/h2-4,7H,5-6H2,1H3,(H3,12,13,14). The molecule has 1 unspecified atom stereocenters. The number of amides is 2. The minimum Gasteiger partial charge on any atom is -0.384 e. The lowest BCUT2D eigenvalue weighted by Crippen LogP contribution is -2.48. The number of nitrogens with zero attached hydrogens (tertiary/aromatic N) is 2. The van der Waals surface area contributed by atoms with Crippen LogP contribution in [-0.4, -0.2) is 34.8 Å². The molecular formula is C11H14N4O2. The number of hydrogen-bond donors (Lipinski definition) is 2. The SMILES string of the molecule is CN1C(=O)CCC(Nc2cccc(N)n2)C1=O. The van der Waals surface area contributed by atoms with E-state index >= 15 is 0 Å². The van der Waals surface area contributed by atoms with Crippen LogP contribution in [0.5, 0.6) is 0 Å². The highest BCUT2D eigenvalue weighted by Gasteiger charge is 2.31. The zero-order valence-corrected chi connectivity index (χ0v) is 9.51. The number of piperidine rings is 1. The van der Waals surface area contributed by atoms with Gasteiger partial charge in [0.1, 0.15) is 17.7 Å². The molecule has 17 heavy (non-hydrogen) atoms. The summed E-state index contributed by atoms with van der Waals surface area (Å²) >= 11 is 0. The van der Waals surface area contributed by atoms with Crippen LogP contribution in [-0.2, 0) is 9.59 Å². The third-order valence-electron chi connectivity index (χ3n) is 2.74. The van der Waals surface area contributed by atoms with Gasteiger partial charge in [-0.3, -0.25) is 14.5 Å². The van der Waals surface area contributed by atoms with Crippen LogP contribution in [0.4, 0.5) is 11.6 Å². The smallest absolute Gasteiger partial charge is 0.251 e. The van der Waals surface area contributed by atoms with Crippen molar-refractivity contribution in [1.29, 1.82) is 0 Å². The van der Waals surface area contributed by atoms with Gasteiger partial charge in [-0.2, -0.15) is 0 Å². The number of likely N-dealkylation sites (tertiary alicyclic amines) is 1. The average molecular weight is 234 g/mol. The highest BCUT2D eigenvalue weighted by Crippen LogP contribution is 2.16. The molecule has 0 aromatic carbocycles. The number of pyridine rings is 1. The Balaban J connectivity index is 2.09. The predicted octanol–water partition coefficient (Wildman–Crippen LogP) is 0.223. The molecule has 3 N–H and O–H groups in total. The second kappa shape index (κ2) is 4.40. The predicted molar refractivity (Wildman–Crippen MR) is 63.1 cm³/mol. The lowest BCUT2D eigenvalue weighted by Gasteiger charge is -2.28. The number of nitrogen functional groups attached to an aromatic ring is 1. The van der Waals surface area contributed by atoms with E-state index in [4.69, 9.17) is 5.73 Å². The van der Waals surface area contributed by atoms with Crippen molar-refractivity contribution in [2.75, 3.05) is 18.1 Å². The van der Waals surface area contributed by atoms with Crippen LogP contribution < -0.4 is 11.1 Å². The maximum Gasteiger partial charge on any atom is 0.251 e. The molecule has 1 atom stereocenters. The third kappa shape index (κ3) is 2.35. The lowest BCUT2D eigenvalue weighted by molar-refractivity contribution is -0.146. The van der Waals surface area contributed by atoms with Crippen LogP contribution in [0.25, 0.3) is 0 Å². The van der Waals surface area contributed by atoms with Crippen LogP contribution in [0.2, 0.25) is 0 Å². The number of nitrogens with one attached hydrogen (secondary N) is 1. The first kappa shape index (κ1) is 11.4. The van der Waals surface area contributed by atoms with Crippen molar-refractivity contribution in [2.24, 2.45) is 0 Å². The van der Waals surface area contributed by atoms with Crippen molar-refractivity contribution in [2.45, 2.75) is 18.9 Å². The van der Waals surface area contributed by atoms with Crippen molar-refractivity contribution < 1.29 is 9.59 Å². The number of carbonyl (C=O) groups excluding carboxylic acids is 2. The lowest BCUT2D eigenvalue weighted by atomic mass is 10.0. The number of hydrogen-bond acceptors (Lipinski definition) is 5. The average Bonchev–Trinajstić information content (AvgIpc) is 2.30. The first-order valence-corrected chi connectivity index (χ1v) is 5.37. The summed E-state index contributed by atoms with van der Waals surface area (Å²) in [7, 11) is 1.49. The van der Waals surface area contributed by atoms with E-state index in [1.807, 2.05) is 0 Å². The molecule has 90 valence electrons. The molecule has 0 radical (unpaired) electrons. The molecular weight excluding hydrogens is 220 g/mol. The molecule has 0 aliphatic carbocycles. The highest BCUT2D eigenvalue weighted by atomic mass is 16.2. The Morgan fingerprint density at radius 2 is 2.24 bits per heavy atom. The van der Waals surface area contributed by atoms with Crippen molar-refractivity contribution in [3.8, 4) is 0 Å². The summed E-state index contributed by atoms with van der Waals surface area (Å²) in [5.41, 5.74) is 5.55. The van der Waals surface area contributed by atoms with Crippen LogP contribution in [0.1, 0.15) is 12.8 Å². The number of imide groups is 1. The summed E-state index contributed by atoms with van der Waals surface area (Å²) in [5, 5.41) is 2.99. The fourth-order valence-corrected chi connectivity index (χ4v) is 1.76. The zero-order chi connectivity index (χ0) is 12.4. The van der Waals surface area contributed by atoms with E-state index in [1.165, 1.54) is 7.05 Å². The van der Waals surface area contributed by atoms with E-state index in [-0.39, 0.29) is 11.8 Å². The van der Waals surface area contributed by atoms with Gasteiger partial charge in [-0.1, -0.05) is 6.07 Å². The van der Waals surface area contributed by atoms with E-state index in [0.29, 0.717) is 24.5 Å². The number of rotatable bonds is 2. The quantitative estimate of drug-likeness (QED) is 0.715. The number of aromatic nitrogens is 1. The number of nitrogens with two attached hydrogens (primary N) is 1. The number of carbonyl (C=O) groups is 2. The van der Waals surface area contributed by atoms with E-state index in [1.54, 1.807) is 18.2 Å². The molecule has 1 saturated heterocycles. The molecule has 1 aromatic heterocycles. The molecule has 2 heterocycles. The van der Waals surface area contributed by atoms with E-state index < -0.39 is 6.04 Å². The Bertz CT molecular complexity index is 461. The minimum atomic E-state index is -0.410. The van der Waals surface area contributed by atoms with Gasteiger partial charge in [0.2, 0.25) is 5.91 Å². The molecule has 1 fully saturated rings. The van der Waals surface area contributed by atoms with Crippen molar-refractivity contribution in [3.63, 3.8) is 0 Å². The topological polar surface area (TPSA) is 88.3 Å². The molecule has 1 aromatic rings. The molecule has 6 nitrogen and oxygen atoms in total. The van der Waals surface area contributed by atoms with Gasteiger partial charge in [-0.05, 0) is 18.6 Å². The summed E-state index contributed by atoms with van der Waals surface area (Å²) in [5.74, 6) is 0.563. The fourth-order valence-electron chi connectivity index (χ4n) is 1.76. The Morgan fingerprint density at radius 3 is 2.94 bits per heavy atom. The van der Waals surface area contributed by atoms with Gasteiger partial charge in [0, 0.05) is 13.5 Å². The van der Waals surface area contributed by atoms with Gasteiger partial charge < -0.3 is 11.1 Å². The summed E-state index contributed by atoms with van der Waals surface area (Å²) in [6.45, 7) is 0. The van der Waals surface area contributed by atoms with Crippen molar-refractivity contribution >= 4 is 23.5 Å². The Hall–Kier alpha value is -2.11. The first-order valence-electron chi connectivity index (χ1n) is 5.37. The van der Waals surface area contributed by atoms with Crippen molar-refractivity contribution in [1.82, 2.24) is 9.88 Å². The second-order valence-electron chi connectivity index (χ2n) is 3.97. The number of anilines is 2. The van der Waals surface area contributed by atoms with Gasteiger partial charge >= 0.3 is 0 Å². The molecule has 1 aliphatic heterocycles. The number of likely N-dealkylation sites (N-methyl/N-ethyl adjacent to an activating group) is 1. The van der Waals surface area contributed by atoms with E-state index in [9.17, 15) is 9.59 Å². The normalized spacial score (nSPS) is 20.5. The molecule has 0 bridgehead atoms. The second-order valence-corrected chi connectivity index (χ2v) is 3.97. The maximum atomic E-state index is 11.8. The van der Waals surface area contributed by atoms with E-state index in [2.05, 4.69) is 10.3 Å². The van der Waals surface area contributed by atoms with Crippen LogP contribution in [0.15, 0.2) is 18.2 Å². The molecule has 1 aliphatic rings. The van der Waals surface area contributed by atoms with Gasteiger partial charge in [-0.15, -0.1) is 0 Å². The molecule has 2 rings (SSSR count). The van der Waals surface area contributed by atoms with Crippen LogP contribution in [0.3, 0.4) is 0 Å². The van der Waals surface area contributed by atoms with Crippen molar-refractivity contribution in [3.05, 3.63) is 18.2 Å². The summed E-state index contributed by atoms with van der Waals surface area (Å²) in [6.07, 6.45) is 0.848. The molecule has 0 saturated carbocycles. The summed E-state index contributed by atoms with van der Waals surface area (Å²) < 4.78 is 0. The van der Waals surface area contributed by atoms with Gasteiger partial charge in [0.05, 0.1) is 0 Å². The van der Waals surface area contributed by atoms with E-state index in [0.717, 1.165) is 4.90 Å². The first-order chi connectivity index (χ1) is 8.08. The minimum absolute atomic E-state index is 0.145. The van der Waals surface area contributed by atoms with Gasteiger partial charge in [0.15, 0.2) is 0 Å². The maximum absolute atomic E-state index is 11.8. The Labute approximate surface area is 98.8 Å². The van der Waals surface area contributed by atoms with Crippen LogP contribution in [0, 0.1) is 0 Å². The molecule has 6 heteroatoms.